The van der Waals surface area contributed by atoms with E-state index in [2.05, 4.69) is 24.0 Å². The molecule has 0 fully saturated rings. The summed E-state index contributed by atoms with van der Waals surface area (Å²) in [5, 5.41) is 8.04. The summed E-state index contributed by atoms with van der Waals surface area (Å²) in [5.41, 5.74) is 0. The molecule has 0 saturated heterocycles. The smallest absolute Gasteiger partial charge is 0.221 e. The average Bonchev–Trinajstić information content (AvgIpc) is 2.65. The second-order valence-corrected chi connectivity index (χ2v) is 5.33. The highest BCUT2D eigenvalue weighted by atomic mass is 32.2. The molecule has 6 heteroatoms. The van der Waals surface area contributed by atoms with Gasteiger partial charge in [-0.1, -0.05) is 13.8 Å². The molecule has 0 N–H and O–H groups in total. The van der Waals surface area contributed by atoms with Crippen LogP contribution in [0, 0.1) is 5.92 Å². The van der Waals surface area contributed by atoms with E-state index < -0.39 is 10.8 Å². The number of aromatic nitrogens is 3. The van der Waals surface area contributed by atoms with Crippen LogP contribution in [0.4, 0.5) is 0 Å². The SMILES string of the molecule is CC(C)CCOCCn1cnnc1[S@](C)=O. The molecule has 1 aromatic heterocycles. The fraction of sp³-hybridized carbons (Fsp3) is 0.800. The van der Waals surface area contributed by atoms with Gasteiger partial charge in [0.25, 0.3) is 0 Å². The van der Waals surface area contributed by atoms with Crippen molar-refractivity contribution in [2.75, 3.05) is 19.5 Å². The maximum atomic E-state index is 11.3. The van der Waals surface area contributed by atoms with E-state index >= 15 is 0 Å². The van der Waals surface area contributed by atoms with Gasteiger partial charge < -0.3 is 9.30 Å². The maximum Gasteiger partial charge on any atom is 0.221 e. The van der Waals surface area contributed by atoms with Crippen LogP contribution in [-0.2, 0) is 22.1 Å². The highest BCUT2D eigenvalue weighted by Crippen LogP contribution is 2.01. The lowest BCUT2D eigenvalue weighted by Gasteiger charge is -2.07. The van der Waals surface area contributed by atoms with Gasteiger partial charge in [0.1, 0.15) is 6.33 Å². The Balaban J connectivity index is 2.27. The van der Waals surface area contributed by atoms with Gasteiger partial charge in [-0.15, -0.1) is 10.2 Å². The molecule has 1 atom stereocenters. The second-order valence-electron chi connectivity index (χ2n) is 4.06. The zero-order chi connectivity index (χ0) is 12.0. The van der Waals surface area contributed by atoms with E-state index in [1.807, 2.05) is 0 Å². The molecule has 0 saturated carbocycles. The van der Waals surface area contributed by atoms with Crippen LogP contribution in [0.5, 0.6) is 0 Å². The molecule has 0 radical (unpaired) electrons. The molecule has 0 bridgehead atoms. The summed E-state index contributed by atoms with van der Waals surface area (Å²) < 4.78 is 18.5. The molecule has 92 valence electrons. The van der Waals surface area contributed by atoms with Crippen molar-refractivity contribution in [1.82, 2.24) is 14.8 Å². The van der Waals surface area contributed by atoms with E-state index in [0.29, 0.717) is 24.2 Å². The topological polar surface area (TPSA) is 57.0 Å². The van der Waals surface area contributed by atoms with E-state index in [-0.39, 0.29) is 0 Å². The molecule has 0 aliphatic heterocycles. The van der Waals surface area contributed by atoms with Crippen molar-refractivity contribution < 1.29 is 8.95 Å². The molecule has 0 amide bonds. The van der Waals surface area contributed by atoms with Crippen LogP contribution in [0.2, 0.25) is 0 Å². The Labute approximate surface area is 98.7 Å². The highest BCUT2D eigenvalue weighted by molar-refractivity contribution is 7.84. The maximum absolute atomic E-state index is 11.3. The third-order valence-electron chi connectivity index (χ3n) is 2.15. The molecule has 0 aliphatic carbocycles. The first-order valence-electron chi connectivity index (χ1n) is 5.40. The Morgan fingerprint density at radius 1 is 1.50 bits per heavy atom. The van der Waals surface area contributed by atoms with Gasteiger partial charge >= 0.3 is 0 Å². The van der Waals surface area contributed by atoms with Crippen LogP contribution in [0.25, 0.3) is 0 Å². The minimum Gasteiger partial charge on any atom is -0.380 e. The largest absolute Gasteiger partial charge is 0.380 e. The minimum atomic E-state index is -1.09. The van der Waals surface area contributed by atoms with Gasteiger partial charge in [0, 0.05) is 19.4 Å². The van der Waals surface area contributed by atoms with Gasteiger partial charge in [0.15, 0.2) is 0 Å². The van der Waals surface area contributed by atoms with E-state index in [4.69, 9.17) is 4.74 Å². The molecule has 1 aromatic rings. The summed E-state index contributed by atoms with van der Waals surface area (Å²) >= 11 is 0. The van der Waals surface area contributed by atoms with E-state index in [1.54, 1.807) is 17.2 Å². The zero-order valence-electron chi connectivity index (χ0n) is 10.0. The van der Waals surface area contributed by atoms with Crippen LogP contribution in [0.15, 0.2) is 11.5 Å². The molecular formula is C10H19N3O2S. The number of nitrogens with zero attached hydrogens (tertiary/aromatic N) is 3. The first-order chi connectivity index (χ1) is 7.61. The molecule has 16 heavy (non-hydrogen) atoms. The van der Waals surface area contributed by atoms with Crippen LogP contribution in [0.1, 0.15) is 20.3 Å². The van der Waals surface area contributed by atoms with Gasteiger partial charge in [0.05, 0.1) is 17.4 Å². The first-order valence-corrected chi connectivity index (χ1v) is 6.96. The third-order valence-corrected chi connectivity index (χ3v) is 2.98. The Hall–Kier alpha value is -0.750. The van der Waals surface area contributed by atoms with Crippen molar-refractivity contribution in [1.29, 1.82) is 0 Å². The van der Waals surface area contributed by atoms with Gasteiger partial charge in [0.2, 0.25) is 5.16 Å². The predicted octanol–water partition coefficient (Wildman–Crippen LogP) is 1.08. The monoisotopic (exact) mass is 245 g/mol. The van der Waals surface area contributed by atoms with Crippen LogP contribution >= 0.6 is 0 Å². The Kier molecular flexibility index (Phi) is 5.62. The van der Waals surface area contributed by atoms with Crippen LogP contribution in [-0.4, -0.2) is 38.4 Å². The third kappa shape index (κ3) is 4.40. The van der Waals surface area contributed by atoms with Gasteiger partial charge in [-0.05, 0) is 12.3 Å². The molecule has 5 nitrogen and oxygen atoms in total. The van der Waals surface area contributed by atoms with Crippen molar-refractivity contribution in [2.45, 2.75) is 32.0 Å². The number of rotatable bonds is 7. The molecule has 0 spiro atoms. The van der Waals surface area contributed by atoms with Crippen molar-refractivity contribution in [2.24, 2.45) is 5.92 Å². The fourth-order valence-corrected chi connectivity index (χ4v) is 1.84. The van der Waals surface area contributed by atoms with Crippen molar-refractivity contribution >= 4 is 10.8 Å². The molecule has 1 heterocycles. The normalized spacial score (nSPS) is 13.2. The van der Waals surface area contributed by atoms with Crippen LogP contribution in [0.3, 0.4) is 0 Å². The summed E-state index contributed by atoms with van der Waals surface area (Å²) in [6.45, 7) is 6.36. The lowest BCUT2D eigenvalue weighted by Crippen LogP contribution is -2.10. The van der Waals surface area contributed by atoms with Crippen molar-refractivity contribution in [3.05, 3.63) is 6.33 Å². The van der Waals surface area contributed by atoms with Crippen molar-refractivity contribution in [3.63, 3.8) is 0 Å². The van der Waals surface area contributed by atoms with E-state index in [0.717, 1.165) is 13.0 Å². The standard InChI is InChI=1S/C10H19N3O2S/c1-9(2)4-6-15-7-5-13-8-11-12-10(13)16(3)14/h8-9H,4-7H2,1-3H3/t16-/m0/s1. The number of hydrogen-bond acceptors (Lipinski definition) is 4. The Bertz CT molecular complexity index is 339. The fourth-order valence-electron chi connectivity index (χ4n) is 1.20. The molecular weight excluding hydrogens is 226 g/mol. The lowest BCUT2D eigenvalue weighted by atomic mass is 10.1. The summed E-state index contributed by atoms with van der Waals surface area (Å²) in [4.78, 5) is 0. The van der Waals surface area contributed by atoms with Crippen LogP contribution < -0.4 is 0 Å². The highest BCUT2D eigenvalue weighted by Gasteiger charge is 2.07. The van der Waals surface area contributed by atoms with Gasteiger partial charge in [-0.2, -0.15) is 0 Å². The average molecular weight is 245 g/mol. The zero-order valence-corrected chi connectivity index (χ0v) is 10.9. The van der Waals surface area contributed by atoms with E-state index in [1.165, 1.54) is 0 Å². The van der Waals surface area contributed by atoms with Crippen molar-refractivity contribution in [3.8, 4) is 0 Å². The summed E-state index contributed by atoms with van der Waals surface area (Å²) in [5.74, 6) is 0.661. The van der Waals surface area contributed by atoms with Gasteiger partial charge in [-0.25, -0.2) is 0 Å². The van der Waals surface area contributed by atoms with Gasteiger partial charge in [-0.3, -0.25) is 4.21 Å². The quantitative estimate of drug-likeness (QED) is 0.674. The minimum absolute atomic E-state index is 0.507. The predicted molar refractivity (Wildman–Crippen MR) is 62.6 cm³/mol. The number of ether oxygens (including phenoxy) is 1. The Morgan fingerprint density at radius 3 is 2.88 bits per heavy atom. The lowest BCUT2D eigenvalue weighted by molar-refractivity contribution is 0.114. The molecule has 0 aromatic carbocycles. The van der Waals surface area contributed by atoms with E-state index in [9.17, 15) is 4.21 Å². The summed E-state index contributed by atoms with van der Waals surface area (Å²) in [6.07, 6.45) is 4.25. The second kappa shape index (κ2) is 6.75. The molecule has 0 aliphatic rings. The first kappa shape index (κ1) is 13.3. The number of hydrogen-bond donors (Lipinski definition) is 0. The summed E-state index contributed by atoms with van der Waals surface area (Å²) in [7, 11) is -1.09. The summed E-state index contributed by atoms with van der Waals surface area (Å²) in [6, 6.07) is 0. The molecule has 0 unspecified atom stereocenters. The Morgan fingerprint density at radius 2 is 2.25 bits per heavy atom. The molecule has 1 rings (SSSR count).